The number of nitrogens with one attached hydrogen (secondary N) is 1. The Bertz CT molecular complexity index is 864. The molecule has 0 aliphatic rings. The van der Waals surface area contributed by atoms with E-state index in [2.05, 4.69) is 39.7 Å². The number of hydrogen-bond acceptors (Lipinski definition) is 5. The smallest absolute Gasteiger partial charge is 0.322 e. The number of carbonyl (C=O) groups is 1. The molecule has 7 nitrogen and oxygen atoms in total. The molecule has 0 atom stereocenters. The molecule has 0 bridgehead atoms. The number of benzene rings is 1. The maximum Gasteiger partial charge on any atom is 0.322 e. The van der Waals surface area contributed by atoms with Crippen LogP contribution in [0.15, 0.2) is 34.7 Å². The summed E-state index contributed by atoms with van der Waals surface area (Å²) < 4.78 is 7.27. The third-order valence-corrected chi connectivity index (χ3v) is 3.99. The molecule has 2 heterocycles. The first-order chi connectivity index (χ1) is 12.1. The first-order valence-electron chi connectivity index (χ1n) is 8.35. The molecule has 25 heavy (non-hydrogen) atoms. The highest BCUT2D eigenvalue weighted by molar-refractivity contribution is 6.01. The molecule has 1 amide bonds. The molecule has 0 saturated heterocycles. The van der Waals surface area contributed by atoms with E-state index in [1.165, 1.54) is 5.56 Å². The van der Waals surface area contributed by atoms with Gasteiger partial charge in [0.2, 0.25) is 5.89 Å². The number of hydrogen-bond donors (Lipinski definition) is 1. The Morgan fingerprint density at radius 2 is 1.88 bits per heavy atom. The van der Waals surface area contributed by atoms with Crippen molar-refractivity contribution in [2.75, 3.05) is 5.32 Å². The molecule has 0 spiro atoms. The van der Waals surface area contributed by atoms with Crippen LogP contribution in [0.2, 0.25) is 0 Å². The molecule has 3 rings (SSSR count). The summed E-state index contributed by atoms with van der Waals surface area (Å²) in [7, 11) is 0. The van der Waals surface area contributed by atoms with E-state index in [0.717, 1.165) is 17.7 Å². The molecule has 0 aliphatic carbocycles. The SMILES string of the molecule is CCc1ccc(Cc2nnc(NC(=O)c3cc(C)n(CC)n3)o2)cc1. The molecule has 130 valence electrons. The Balaban J connectivity index is 1.65. The van der Waals surface area contributed by atoms with Crippen LogP contribution < -0.4 is 5.32 Å². The number of rotatable bonds is 6. The highest BCUT2D eigenvalue weighted by atomic mass is 16.4. The first-order valence-corrected chi connectivity index (χ1v) is 8.35. The number of anilines is 1. The Labute approximate surface area is 146 Å². The van der Waals surface area contributed by atoms with Gasteiger partial charge in [0.1, 0.15) is 0 Å². The van der Waals surface area contributed by atoms with Gasteiger partial charge in [0.05, 0.1) is 6.42 Å². The number of carbonyl (C=O) groups excluding carboxylic acids is 1. The minimum Gasteiger partial charge on any atom is -0.407 e. The normalized spacial score (nSPS) is 10.8. The van der Waals surface area contributed by atoms with Gasteiger partial charge in [-0.25, -0.2) is 0 Å². The fourth-order valence-corrected chi connectivity index (χ4v) is 2.55. The number of aromatic nitrogens is 4. The molecule has 0 radical (unpaired) electrons. The van der Waals surface area contributed by atoms with Crippen molar-refractivity contribution in [2.45, 2.75) is 40.2 Å². The monoisotopic (exact) mass is 339 g/mol. The van der Waals surface area contributed by atoms with E-state index in [-0.39, 0.29) is 11.9 Å². The van der Waals surface area contributed by atoms with Crippen LogP contribution in [0.3, 0.4) is 0 Å². The van der Waals surface area contributed by atoms with E-state index in [1.807, 2.05) is 26.0 Å². The van der Waals surface area contributed by atoms with Gasteiger partial charge < -0.3 is 4.42 Å². The predicted octanol–water partition coefficient (Wildman–Crippen LogP) is 3.00. The van der Waals surface area contributed by atoms with Gasteiger partial charge in [-0.1, -0.05) is 36.3 Å². The molecule has 0 fully saturated rings. The van der Waals surface area contributed by atoms with Crippen molar-refractivity contribution < 1.29 is 9.21 Å². The third kappa shape index (κ3) is 3.93. The summed E-state index contributed by atoms with van der Waals surface area (Å²) in [6, 6.07) is 10.1. The molecule has 0 aliphatic heterocycles. The average molecular weight is 339 g/mol. The van der Waals surface area contributed by atoms with Gasteiger partial charge in [-0.3, -0.25) is 14.8 Å². The van der Waals surface area contributed by atoms with Crippen molar-refractivity contribution in [1.29, 1.82) is 0 Å². The van der Waals surface area contributed by atoms with Gasteiger partial charge in [-0.15, -0.1) is 5.10 Å². The molecule has 0 saturated carbocycles. The molecule has 1 aromatic carbocycles. The Morgan fingerprint density at radius 1 is 1.16 bits per heavy atom. The van der Waals surface area contributed by atoms with Crippen molar-refractivity contribution >= 4 is 11.9 Å². The molecule has 7 heteroatoms. The summed E-state index contributed by atoms with van der Waals surface area (Å²) in [5.74, 6) is 0.0904. The van der Waals surface area contributed by atoms with Crippen LogP contribution in [-0.4, -0.2) is 25.9 Å². The van der Waals surface area contributed by atoms with Crippen molar-refractivity contribution in [2.24, 2.45) is 0 Å². The van der Waals surface area contributed by atoms with Crippen LogP contribution >= 0.6 is 0 Å². The molecular weight excluding hydrogens is 318 g/mol. The fourth-order valence-electron chi connectivity index (χ4n) is 2.55. The van der Waals surface area contributed by atoms with Crippen LogP contribution in [0, 0.1) is 6.92 Å². The second kappa shape index (κ2) is 7.29. The number of aryl methyl sites for hydroxylation is 3. The molecular formula is C18H21N5O2. The van der Waals surface area contributed by atoms with Crippen LogP contribution in [-0.2, 0) is 19.4 Å². The van der Waals surface area contributed by atoms with Crippen molar-refractivity contribution in [3.05, 3.63) is 58.7 Å². The zero-order valence-electron chi connectivity index (χ0n) is 14.6. The highest BCUT2D eigenvalue weighted by Crippen LogP contribution is 2.13. The van der Waals surface area contributed by atoms with Crippen LogP contribution in [0.5, 0.6) is 0 Å². The van der Waals surface area contributed by atoms with Crippen molar-refractivity contribution in [1.82, 2.24) is 20.0 Å². The minimum atomic E-state index is -0.363. The summed E-state index contributed by atoms with van der Waals surface area (Å²) in [6.45, 7) is 6.70. The van der Waals surface area contributed by atoms with Crippen molar-refractivity contribution in [3.8, 4) is 0 Å². The number of nitrogens with zero attached hydrogens (tertiary/aromatic N) is 4. The lowest BCUT2D eigenvalue weighted by Gasteiger charge is -2.00. The van der Waals surface area contributed by atoms with Gasteiger partial charge in [-0.2, -0.15) is 5.10 Å². The third-order valence-electron chi connectivity index (χ3n) is 3.99. The van der Waals surface area contributed by atoms with Crippen molar-refractivity contribution in [3.63, 3.8) is 0 Å². The lowest BCUT2D eigenvalue weighted by atomic mass is 10.1. The van der Waals surface area contributed by atoms with Gasteiger partial charge >= 0.3 is 6.01 Å². The number of amides is 1. The maximum absolute atomic E-state index is 12.2. The van der Waals surface area contributed by atoms with E-state index in [4.69, 9.17) is 4.42 Å². The van der Waals surface area contributed by atoms with Crippen LogP contribution in [0.25, 0.3) is 0 Å². The Kier molecular flexibility index (Phi) is 4.92. The summed E-state index contributed by atoms with van der Waals surface area (Å²) in [4.78, 5) is 12.2. The van der Waals surface area contributed by atoms with E-state index < -0.39 is 0 Å². The molecule has 1 N–H and O–H groups in total. The van der Waals surface area contributed by atoms with Gasteiger partial charge in [0.15, 0.2) is 5.69 Å². The lowest BCUT2D eigenvalue weighted by molar-refractivity contribution is 0.101. The topological polar surface area (TPSA) is 85.8 Å². The zero-order valence-corrected chi connectivity index (χ0v) is 14.6. The second-order valence-corrected chi connectivity index (χ2v) is 5.79. The van der Waals surface area contributed by atoms with Crippen LogP contribution in [0.4, 0.5) is 6.01 Å². The summed E-state index contributed by atoms with van der Waals surface area (Å²) >= 11 is 0. The Hall–Kier alpha value is -2.96. The quantitative estimate of drug-likeness (QED) is 0.746. The zero-order chi connectivity index (χ0) is 17.8. The standard InChI is InChI=1S/C18H21N5O2/c1-4-13-6-8-14(9-7-13)11-16-20-21-18(25-16)19-17(24)15-10-12(3)23(5-2)22-15/h6-10H,4-5,11H2,1-3H3,(H,19,21,24). The largest absolute Gasteiger partial charge is 0.407 e. The highest BCUT2D eigenvalue weighted by Gasteiger charge is 2.15. The maximum atomic E-state index is 12.2. The predicted molar refractivity (Wildman–Crippen MR) is 93.5 cm³/mol. The first kappa shape index (κ1) is 16.9. The van der Waals surface area contributed by atoms with Crippen LogP contribution in [0.1, 0.15) is 47.0 Å². The summed E-state index contributed by atoms with van der Waals surface area (Å²) in [6.07, 6.45) is 1.53. The minimum absolute atomic E-state index is 0.0777. The molecule has 3 aromatic rings. The Morgan fingerprint density at radius 3 is 2.52 bits per heavy atom. The summed E-state index contributed by atoms with van der Waals surface area (Å²) in [5.41, 5.74) is 3.61. The average Bonchev–Trinajstić information content (AvgIpc) is 3.21. The molecule has 2 aromatic heterocycles. The lowest BCUT2D eigenvalue weighted by Crippen LogP contribution is -2.13. The summed E-state index contributed by atoms with van der Waals surface area (Å²) in [5, 5.41) is 14.7. The van der Waals surface area contributed by atoms with E-state index in [1.54, 1.807) is 10.7 Å². The van der Waals surface area contributed by atoms with E-state index in [0.29, 0.717) is 24.6 Å². The van der Waals surface area contributed by atoms with Gasteiger partial charge in [-0.05, 0) is 37.5 Å². The van der Waals surface area contributed by atoms with Gasteiger partial charge in [0.25, 0.3) is 5.91 Å². The fraction of sp³-hybridized carbons (Fsp3) is 0.333. The van der Waals surface area contributed by atoms with E-state index >= 15 is 0 Å². The molecule has 0 unspecified atom stereocenters. The van der Waals surface area contributed by atoms with E-state index in [9.17, 15) is 4.79 Å². The second-order valence-electron chi connectivity index (χ2n) is 5.79. The van der Waals surface area contributed by atoms with Gasteiger partial charge in [0, 0.05) is 12.2 Å².